The van der Waals surface area contributed by atoms with E-state index >= 15 is 0 Å². The molecule has 4 nitrogen and oxygen atoms in total. The number of alkyl halides is 3. The van der Waals surface area contributed by atoms with E-state index in [0.717, 1.165) is 11.3 Å². The molecule has 0 aliphatic carbocycles. The molecule has 0 spiro atoms. The standard InChI is InChI=1S/C17H18F3NO3/c1-11(12-4-7-14(8-5-12)24-17(18,19)20)21-13-6-9-15(22-2)16(10-13)23-3/h4-11,21H,1-3H3. The van der Waals surface area contributed by atoms with Crippen molar-refractivity contribution in [1.29, 1.82) is 0 Å². The zero-order valence-electron chi connectivity index (χ0n) is 13.5. The fraction of sp³-hybridized carbons (Fsp3) is 0.294. The molecule has 0 aliphatic rings. The van der Waals surface area contributed by atoms with E-state index in [4.69, 9.17) is 9.47 Å². The Hall–Kier alpha value is -2.57. The molecule has 2 aromatic carbocycles. The minimum absolute atomic E-state index is 0.122. The van der Waals surface area contributed by atoms with Gasteiger partial charge in [0.25, 0.3) is 0 Å². The smallest absolute Gasteiger partial charge is 0.493 e. The van der Waals surface area contributed by atoms with E-state index in [0.29, 0.717) is 11.5 Å². The van der Waals surface area contributed by atoms with Gasteiger partial charge in [-0.1, -0.05) is 12.1 Å². The number of hydrogen-bond donors (Lipinski definition) is 1. The average molecular weight is 341 g/mol. The predicted molar refractivity (Wildman–Crippen MR) is 84.7 cm³/mol. The molecule has 0 bridgehead atoms. The summed E-state index contributed by atoms with van der Waals surface area (Å²) in [5, 5.41) is 3.25. The lowest BCUT2D eigenvalue weighted by atomic mass is 10.1. The predicted octanol–water partition coefficient (Wildman–Crippen LogP) is 4.78. The van der Waals surface area contributed by atoms with Crippen LogP contribution < -0.4 is 19.5 Å². The van der Waals surface area contributed by atoms with Gasteiger partial charge in [0.2, 0.25) is 0 Å². The molecule has 0 fully saturated rings. The van der Waals surface area contributed by atoms with Crippen molar-refractivity contribution in [2.24, 2.45) is 0 Å². The third-order valence-corrected chi connectivity index (χ3v) is 3.38. The van der Waals surface area contributed by atoms with Crippen LogP contribution >= 0.6 is 0 Å². The number of halogens is 3. The SMILES string of the molecule is COc1ccc(NC(C)c2ccc(OC(F)(F)F)cc2)cc1OC. The first-order valence-electron chi connectivity index (χ1n) is 7.16. The number of benzene rings is 2. The van der Waals surface area contributed by atoms with E-state index in [2.05, 4.69) is 10.1 Å². The van der Waals surface area contributed by atoms with E-state index in [-0.39, 0.29) is 11.8 Å². The average Bonchev–Trinajstić information content (AvgIpc) is 2.53. The lowest BCUT2D eigenvalue weighted by Crippen LogP contribution is -2.17. The van der Waals surface area contributed by atoms with Gasteiger partial charge < -0.3 is 19.5 Å². The maximum Gasteiger partial charge on any atom is 0.573 e. The van der Waals surface area contributed by atoms with Crippen LogP contribution in [0.3, 0.4) is 0 Å². The van der Waals surface area contributed by atoms with E-state index in [1.165, 1.54) is 12.1 Å². The highest BCUT2D eigenvalue weighted by atomic mass is 19.4. The topological polar surface area (TPSA) is 39.7 Å². The number of ether oxygens (including phenoxy) is 3. The van der Waals surface area contributed by atoms with Crippen molar-refractivity contribution in [3.8, 4) is 17.2 Å². The van der Waals surface area contributed by atoms with E-state index in [9.17, 15) is 13.2 Å². The number of methoxy groups -OCH3 is 2. The summed E-state index contributed by atoms with van der Waals surface area (Å²) < 4.78 is 50.8. The van der Waals surface area contributed by atoms with Crippen LogP contribution in [0.25, 0.3) is 0 Å². The molecule has 1 unspecified atom stereocenters. The molecule has 7 heteroatoms. The number of hydrogen-bond acceptors (Lipinski definition) is 4. The summed E-state index contributed by atoms with van der Waals surface area (Å²) in [6, 6.07) is 11.0. The fourth-order valence-electron chi connectivity index (χ4n) is 2.22. The van der Waals surface area contributed by atoms with Crippen LogP contribution in [0.4, 0.5) is 18.9 Å². The molecule has 0 aliphatic heterocycles. The van der Waals surface area contributed by atoms with Crippen LogP contribution in [0.5, 0.6) is 17.2 Å². The Labute approximate surface area is 138 Å². The first-order chi connectivity index (χ1) is 11.3. The third kappa shape index (κ3) is 4.71. The van der Waals surface area contributed by atoms with Crippen molar-refractivity contribution in [3.63, 3.8) is 0 Å². The van der Waals surface area contributed by atoms with E-state index in [1.54, 1.807) is 38.5 Å². The molecular weight excluding hydrogens is 323 g/mol. The quantitative estimate of drug-likeness (QED) is 0.821. The van der Waals surface area contributed by atoms with E-state index in [1.807, 2.05) is 13.0 Å². The molecule has 0 heterocycles. The fourth-order valence-corrected chi connectivity index (χ4v) is 2.22. The van der Waals surface area contributed by atoms with Crippen molar-refractivity contribution in [2.75, 3.05) is 19.5 Å². The highest BCUT2D eigenvalue weighted by Crippen LogP contribution is 2.31. The summed E-state index contributed by atoms with van der Waals surface area (Å²) in [5.74, 6) is 0.956. The lowest BCUT2D eigenvalue weighted by Gasteiger charge is -2.18. The third-order valence-electron chi connectivity index (χ3n) is 3.38. The monoisotopic (exact) mass is 341 g/mol. The minimum atomic E-state index is -4.69. The van der Waals surface area contributed by atoms with Crippen LogP contribution in [0.1, 0.15) is 18.5 Å². The molecule has 0 radical (unpaired) electrons. The van der Waals surface area contributed by atoms with Crippen LogP contribution in [-0.2, 0) is 0 Å². The van der Waals surface area contributed by atoms with Crippen molar-refractivity contribution in [3.05, 3.63) is 48.0 Å². The van der Waals surface area contributed by atoms with Crippen LogP contribution in [0, 0.1) is 0 Å². The molecule has 1 atom stereocenters. The van der Waals surface area contributed by atoms with Gasteiger partial charge in [0.05, 0.1) is 14.2 Å². The number of nitrogens with one attached hydrogen (secondary N) is 1. The molecule has 0 aromatic heterocycles. The van der Waals surface area contributed by atoms with Gasteiger partial charge in [-0.05, 0) is 36.8 Å². The number of anilines is 1. The number of rotatable bonds is 6. The second-order valence-corrected chi connectivity index (χ2v) is 5.05. The normalized spacial score (nSPS) is 12.4. The van der Waals surface area contributed by atoms with Crippen LogP contribution in [0.15, 0.2) is 42.5 Å². The Balaban J connectivity index is 2.08. The Morgan fingerprint density at radius 2 is 1.54 bits per heavy atom. The zero-order chi connectivity index (χ0) is 17.7. The molecule has 2 rings (SSSR count). The first kappa shape index (κ1) is 17.8. The summed E-state index contributed by atoms with van der Waals surface area (Å²) in [6.07, 6.45) is -4.69. The highest BCUT2D eigenvalue weighted by Gasteiger charge is 2.31. The van der Waals surface area contributed by atoms with E-state index < -0.39 is 6.36 Å². The molecule has 0 amide bonds. The maximum absolute atomic E-state index is 12.2. The van der Waals surface area contributed by atoms with Crippen molar-refractivity contribution in [1.82, 2.24) is 0 Å². The second-order valence-electron chi connectivity index (χ2n) is 5.05. The molecule has 0 saturated heterocycles. The first-order valence-corrected chi connectivity index (χ1v) is 7.16. The van der Waals surface area contributed by atoms with Crippen LogP contribution in [-0.4, -0.2) is 20.6 Å². The lowest BCUT2D eigenvalue weighted by molar-refractivity contribution is -0.274. The Morgan fingerprint density at radius 1 is 0.917 bits per heavy atom. The van der Waals surface area contributed by atoms with Crippen molar-refractivity contribution in [2.45, 2.75) is 19.3 Å². The Kier molecular flexibility index (Phi) is 5.43. The van der Waals surface area contributed by atoms with Gasteiger partial charge in [-0.25, -0.2) is 0 Å². The molecule has 24 heavy (non-hydrogen) atoms. The van der Waals surface area contributed by atoms with Gasteiger partial charge in [-0.3, -0.25) is 0 Å². The van der Waals surface area contributed by atoms with Gasteiger partial charge in [0.1, 0.15) is 5.75 Å². The molecule has 2 aromatic rings. The van der Waals surface area contributed by atoms with Crippen molar-refractivity contribution < 1.29 is 27.4 Å². The summed E-state index contributed by atoms with van der Waals surface area (Å²) in [6.45, 7) is 1.90. The van der Waals surface area contributed by atoms with Crippen molar-refractivity contribution >= 4 is 5.69 Å². The largest absolute Gasteiger partial charge is 0.573 e. The molecule has 1 N–H and O–H groups in total. The summed E-state index contributed by atoms with van der Waals surface area (Å²) in [4.78, 5) is 0. The summed E-state index contributed by atoms with van der Waals surface area (Å²) in [5.41, 5.74) is 1.62. The molecule has 0 saturated carbocycles. The highest BCUT2D eigenvalue weighted by molar-refractivity contribution is 5.55. The van der Waals surface area contributed by atoms with Gasteiger partial charge >= 0.3 is 6.36 Å². The van der Waals surface area contributed by atoms with Gasteiger partial charge in [-0.15, -0.1) is 13.2 Å². The van der Waals surface area contributed by atoms with Gasteiger partial charge in [0.15, 0.2) is 11.5 Å². The Bertz CT molecular complexity index is 672. The van der Waals surface area contributed by atoms with Gasteiger partial charge in [0, 0.05) is 17.8 Å². The zero-order valence-corrected chi connectivity index (χ0v) is 13.5. The maximum atomic E-state index is 12.2. The summed E-state index contributed by atoms with van der Waals surface area (Å²) in [7, 11) is 3.10. The molecular formula is C17H18F3NO3. The minimum Gasteiger partial charge on any atom is -0.493 e. The molecule has 130 valence electrons. The summed E-state index contributed by atoms with van der Waals surface area (Å²) >= 11 is 0. The van der Waals surface area contributed by atoms with Crippen LogP contribution in [0.2, 0.25) is 0 Å². The van der Waals surface area contributed by atoms with Gasteiger partial charge in [-0.2, -0.15) is 0 Å². The Morgan fingerprint density at radius 3 is 2.08 bits per heavy atom. The second kappa shape index (κ2) is 7.33.